The van der Waals surface area contributed by atoms with Crippen LogP contribution in [-0.4, -0.2) is 42.1 Å². The maximum absolute atomic E-state index is 13.3. The van der Waals surface area contributed by atoms with E-state index < -0.39 is 11.6 Å². The molecule has 1 saturated heterocycles. The van der Waals surface area contributed by atoms with Crippen molar-refractivity contribution in [2.24, 2.45) is 0 Å². The Labute approximate surface area is 132 Å². The summed E-state index contributed by atoms with van der Waals surface area (Å²) >= 11 is 0. The molecule has 1 aliphatic rings. The van der Waals surface area contributed by atoms with Gasteiger partial charge in [0.25, 0.3) is 5.91 Å². The molecule has 0 aliphatic carbocycles. The van der Waals surface area contributed by atoms with Gasteiger partial charge in [-0.3, -0.25) is 4.79 Å². The molecule has 5 nitrogen and oxygen atoms in total. The van der Waals surface area contributed by atoms with Gasteiger partial charge in [0.05, 0.1) is 0 Å². The molecule has 122 valence electrons. The zero-order chi connectivity index (χ0) is 16.4. The molecule has 1 aromatic carbocycles. The Morgan fingerprint density at radius 3 is 2.70 bits per heavy atom. The number of likely N-dealkylation sites (tertiary alicyclic amines) is 1. The highest BCUT2D eigenvalue weighted by molar-refractivity contribution is 5.93. The third kappa shape index (κ3) is 3.56. The number of carbonyl (C=O) groups is 1. The molecular weight excluding hydrogens is 304 g/mol. The van der Waals surface area contributed by atoms with Crippen LogP contribution in [0, 0.1) is 11.6 Å². The topological polar surface area (TPSA) is 58.4 Å². The van der Waals surface area contributed by atoms with Gasteiger partial charge >= 0.3 is 0 Å². The molecule has 3 rings (SSSR count). The highest BCUT2D eigenvalue weighted by Crippen LogP contribution is 2.22. The van der Waals surface area contributed by atoms with Gasteiger partial charge in [0.1, 0.15) is 0 Å². The Morgan fingerprint density at radius 1 is 1.26 bits per heavy atom. The van der Waals surface area contributed by atoms with Gasteiger partial charge in [-0.2, -0.15) is 0 Å². The first kappa shape index (κ1) is 15.6. The summed E-state index contributed by atoms with van der Waals surface area (Å²) in [6, 6.07) is 4.93. The highest BCUT2D eigenvalue weighted by atomic mass is 19.2. The molecule has 1 fully saturated rings. The van der Waals surface area contributed by atoms with E-state index in [1.54, 1.807) is 0 Å². The van der Waals surface area contributed by atoms with Crippen molar-refractivity contribution in [1.82, 2.24) is 15.4 Å². The van der Waals surface area contributed by atoms with Gasteiger partial charge in [-0.05, 0) is 51.2 Å². The molecule has 1 aromatic heterocycles. The van der Waals surface area contributed by atoms with E-state index in [1.165, 1.54) is 12.1 Å². The Kier molecular flexibility index (Phi) is 4.38. The number of piperidine rings is 1. The number of carbonyl (C=O) groups excluding carboxylic acids is 1. The van der Waals surface area contributed by atoms with Gasteiger partial charge in [0.2, 0.25) is 0 Å². The minimum absolute atomic E-state index is 0.113. The summed E-state index contributed by atoms with van der Waals surface area (Å²) in [5.41, 5.74) is 0.457. The number of nitrogens with zero attached hydrogens (tertiary/aromatic N) is 2. The lowest BCUT2D eigenvalue weighted by molar-refractivity contribution is 0.0908. The van der Waals surface area contributed by atoms with E-state index in [-0.39, 0.29) is 23.4 Å². The molecule has 0 atom stereocenters. The van der Waals surface area contributed by atoms with Crippen molar-refractivity contribution >= 4 is 5.91 Å². The van der Waals surface area contributed by atoms with Crippen molar-refractivity contribution in [2.45, 2.75) is 18.9 Å². The predicted molar refractivity (Wildman–Crippen MR) is 79.8 cm³/mol. The normalized spacial score (nSPS) is 16.5. The molecule has 1 amide bonds. The van der Waals surface area contributed by atoms with Crippen LogP contribution in [0.15, 0.2) is 28.8 Å². The lowest BCUT2D eigenvalue weighted by Gasteiger charge is -2.29. The monoisotopic (exact) mass is 321 g/mol. The second-order valence-corrected chi connectivity index (χ2v) is 5.76. The Morgan fingerprint density at radius 2 is 2.00 bits per heavy atom. The smallest absolute Gasteiger partial charge is 0.273 e. The quantitative estimate of drug-likeness (QED) is 0.943. The van der Waals surface area contributed by atoms with E-state index in [0.717, 1.165) is 38.1 Å². The first-order chi connectivity index (χ1) is 11.0. The van der Waals surface area contributed by atoms with Crippen LogP contribution in [0.5, 0.6) is 0 Å². The van der Waals surface area contributed by atoms with Gasteiger partial charge in [-0.15, -0.1) is 0 Å². The Balaban J connectivity index is 1.68. The number of aromatic nitrogens is 1. The van der Waals surface area contributed by atoms with Crippen LogP contribution in [0.1, 0.15) is 23.3 Å². The minimum Gasteiger partial charge on any atom is -0.355 e. The van der Waals surface area contributed by atoms with Crippen LogP contribution in [0.4, 0.5) is 8.78 Å². The summed E-state index contributed by atoms with van der Waals surface area (Å²) in [5.74, 6) is -2.01. The largest absolute Gasteiger partial charge is 0.355 e. The molecule has 0 saturated carbocycles. The molecule has 2 heterocycles. The van der Waals surface area contributed by atoms with Crippen molar-refractivity contribution in [3.8, 4) is 11.3 Å². The molecule has 23 heavy (non-hydrogen) atoms. The van der Waals surface area contributed by atoms with Crippen LogP contribution in [0.3, 0.4) is 0 Å². The van der Waals surface area contributed by atoms with Gasteiger partial charge in [-0.25, -0.2) is 8.78 Å². The number of hydrogen-bond acceptors (Lipinski definition) is 4. The summed E-state index contributed by atoms with van der Waals surface area (Å²) in [4.78, 5) is 14.4. The highest BCUT2D eigenvalue weighted by Gasteiger charge is 2.21. The molecule has 7 heteroatoms. The summed E-state index contributed by atoms with van der Waals surface area (Å²) in [6.45, 7) is 1.87. The van der Waals surface area contributed by atoms with Gasteiger partial charge in [0.15, 0.2) is 23.1 Å². The van der Waals surface area contributed by atoms with E-state index in [9.17, 15) is 13.6 Å². The van der Waals surface area contributed by atoms with Crippen molar-refractivity contribution in [3.05, 3.63) is 41.6 Å². The van der Waals surface area contributed by atoms with Crippen molar-refractivity contribution in [2.75, 3.05) is 20.1 Å². The second-order valence-electron chi connectivity index (χ2n) is 5.76. The molecule has 0 radical (unpaired) electrons. The molecule has 0 spiro atoms. The van der Waals surface area contributed by atoms with Crippen molar-refractivity contribution in [1.29, 1.82) is 0 Å². The van der Waals surface area contributed by atoms with E-state index >= 15 is 0 Å². The van der Waals surface area contributed by atoms with Crippen LogP contribution in [0.2, 0.25) is 0 Å². The number of nitrogens with one attached hydrogen (secondary N) is 1. The summed E-state index contributed by atoms with van der Waals surface area (Å²) in [7, 11) is 2.05. The molecule has 1 aliphatic heterocycles. The first-order valence-electron chi connectivity index (χ1n) is 7.44. The third-order valence-electron chi connectivity index (χ3n) is 4.00. The van der Waals surface area contributed by atoms with E-state index in [2.05, 4.69) is 15.4 Å². The number of amides is 1. The Bertz CT molecular complexity index is 709. The van der Waals surface area contributed by atoms with E-state index in [1.807, 2.05) is 7.05 Å². The fourth-order valence-corrected chi connectivity index (χ4v) is 2.58. The summed E-state index contributed by atoms with van der Waals surface area (Å²) < 4.78 is 31.3. The maximum atomic E-state index is 13.3. The third-order valence-corrected chi connectivity index (χ3v) is 4.00. The molecular formula is C16H17F2N3O2. The lowest BCUT2D eigenvalue weighted by Crippen LogP contribution is -2.43. The molecule has 2 aromatic rings. The zero-order valence-corrected chi connectivity index (χ0v) is 12.7. The van der Waals surface area contributed by atoms with Crippen LogP contribution >= 0.6 is 0 Å². The van der Waals surface area contributed by atoms with Crippen LogP contribution in [-0.2, 0) is 0 Å². The summed E-state index contributed by atoms with van der Waals surface area (Å²) in [5, 5.41) is 6.63. The van der Waals surface area contributed by atoms with E-state index in [4.69, 9.17) is 4.52 Å². The molecule has 1 N–H and O–H groups in total. The van der Waals surface area contributed by atoms with Crippen LogP contribution < -0.4 is 5.32 Å². The fraction of sp³-hybridized carbons (Fsp3) is 0.375. The summed E-state index contributed by atoms with van der Waals surface area (Å²) in [6.07, 6.45) is 1.77. The Hall–Kier alpha value is -2.28. The number of hydrogen-bond donors (Lipinski definition) is 1. The number of benzene rings is 1. The lowest BCUT2D eigenvalue weighted by atomic mass is 10.1. The van der Waals surface area contributed by atoms with Crippen molar-refractivity contribution < 1.29 is 18.1 Å². The SMILES string of the molecule is CN1CCC(NC(=O)c2cc(-c3ccc(F)c(F)c3)on2)CC1. The predicted octanol–water partition coefficient (Wildman–Crippen LogP) is 2.44. The first-order valence-corrected chi connectivity index (χ1v) is 7.44. The van der Waals surface area contributed by atoms with Gasteiger partial charge in [0, 0.05) is 17.7 Å². The second kappa shape index (κ2) is 6.45. The fourth-order valence-electron chi connectivity index (χ4n) is 2.58. The van der Waals surface area contributed by atoms with Crippen LogP contribution in [0.25, 0.3) is 11.3 Å². The molecule has 0 unspecified atom stereocenters. The number of halogens is 2. The van der Waals surface area contributed by atoms with Crippen molar-refractivity contribution in [3.63, 3.8) is 0 Å². The minimum atomic E-state index is -0.976. The number of rotatable bonds is 3. The standard InChI is InChI=1S/C16H17F2N3O2/c1-21-6-4-11(5-7-21)19-16(22)14-9-15(23-20-14)10-2-3-12(17)13(18)8-10/h2-3,8-9,11H,4-7H2,1H3,(H,19,22). The van der Waals surface area contributed by atoms with Gasteiger partial charge < -0.3 is 14.7 Å². The average molecular weight is 321 g/mol. The van der Waals surface area contributed by atoms with Gasteiger partial charge in [-0.1, -0.05) is 5.16 Å². The maximum Gasteiger partial charge on any atom is 0.273 e. The zero-order valence-electron chi connectivity index (χ0n) is 12.7. The van der Waals surface area contributed by atoms with E-state index in [0.29, 0.717) is 5.56 Å². The average Bonchev–Trinajstić information content (AvgIpc) is 3.02. The molecule has 0 bridgehead atoms.